The number of benzene rings is 1. The lowest BCUT2D eigenvalue weighted by molar-refractivity contribution is -0.137. The molecule has 3 aromatic rings. The van der Waals surface area contributed by atoms with Gasteiger partial charge in [0, 0.05) is 11.8 Å². The van der Waals surface area contributed by atoms with Gasteiger partial charge in [0.2, 0.25) is 11.7 Å². The number of hydrogen-bond acceptors (Lipinski definition) is 5. The summed E-state index contributed by atoms with van der Waals surface area (Å²) in [7, 11) is 0. The number of aromatic nitrogens is 3. The molecule has 0 aliphatic rings. The quantitative estimate of drug-likeness (QED) is 0.784. The van der Waals surface area contributed by atoms with E-state index in [1.54, 1.807) is 24.4 Å². The average molecular weight is 348 g/mol. The van der Waals surface area contributed by atoms with Gasteiger partial charge in [-0.1, -0.05) is 11.2 Å². The molecule has 128 valence electrons. The van der Waals surface area contributed by atoms with Crippen LogP contribution >= 0.6 is 0 Å². The average Bonchev–Trinajstić information content (AvgIpc) is 3.09. The van der Waals surface area contributed by atoms with E-state index < -0.39 is 17.6 Å². The van der Waals surface area contributed by atoms with E-state index in [0.717, 1.165) is 24.3 Å². The van der Waals surface area contributed by atoms with Crippen LogP contribution in [0.3, 0.4) is 0 Å². The first-order valence-electron chi connectivity index (χ1n) is 7.13. The van der Waals surface area contributed by atoms with E-state index in [1.807, 2.05) is 0 Å². The monoisotopic (exact) mass is 348 g/mol. The summed E-state index contributed by atoms with van der Waals surface area (Å²) in [5.41, 5.74) is -0.204. The molecule has 2 aromatic heterocycles. The van der Waals surface area contributed by atoms with Crippen molar-refractivity contribution in [3.8, 4) is 11.5 Å². The van der Waals surface area contributed by atoms with Crippen molar-refractivity contribution in [2.45, 2.75) is 12.7 Å². The molecular formula is C16H11F3N4O2. The second-order valence-electron chi connectivity index (χ2n) is 4.98. The largest absolute Gasteiger partial charge is 0.416 e. The summed E-state index contributed by atoms with van der Waals surface area (Å²) >= 11 is 0. The summed E-state index contributed by atoms with van der Waals surface area (Å²) in [5, 5.41) is 6.25. The highest BCUT2D eigenvalue weighted by Gasteiger charge is 2.30. The zero-order valence-electron chi connectivity index (χ0n) is 12.6. The van der Waals surface area contributed by atoms with Crippen molar-refractivity contribution in [3.63, 3.8) is 0 Å². The number of hydrogen-bond donors (Lipinski definition) is 1. The molecule has 1 N–H and O–H groups in total. The van der Waals surface area contributed by atoms with Crippen LogP contribution in [0.4, 0.5) is 13.2 Å². The summed E-state index contributed by atoms with van der Waals surface area (Å²) < 4.78 is 42.5. The fraction of sp³-hybridized carbons (Fsp3) is 0.125. The lowest BCUT2D eigenvalue weighted by Gasteiger charge is -2.07. The molecule has 3 rings (SSSR count). The Morgan fingerprint density at radius 3 is 2.52 bits per heavy atom. The van der Waals surface area contributed by atoms with Crippen LogP contribution < -0.4 is 5.32 Å². The van der Waals surface area contributed by atoms with Gasteiger partial charge in [0.05, 0.1) is 12.1 Å². The second-order valence-corrected chi connectivity index (χ2v) is 4.98. The summed E-state index contributed by atoms with van der Waals surface area (Å²) in [6.45, 7) is -0.0559. The Bertz CT molecular complexity index is 861. The van der Waals surface area contributed by atoms with Gasteiger partial charge in [-0.2, -0.15) is 18.2 Å². The van der Waals surface area contributed by atoms with Crippen LogP contribution in [-0.2, 0) is 12.7 Å². The lowest BCUT2D eigenvalue weighted by Crippen LogP contribution is -2.23. The maximum atomic E-state index is 12.5. The minimum atomic E-state index is -4.44. The fourth-order valence-corrected chi connectivity index (χ4v) is 1.99. The van der Waals surface area contributed by atoms with Gasteiger partial charge in [-0.15, -0.1) is 0 Å². The molecule has 2 heterocycles. The van der Waals surface area contributed by atoms with E-state index in [2.05, 4.69) is 20.4 Å². The van der Waals surface area contributed by atoms with Gasteiger partial charge < -0.3 is 9.84 Å². The van der Waals surface area contributed by atoms with Crippen LogP contribution in [0.2, 0.25) is 0 Å². The maximum Gasteiger partial charge on any atom is 0.416 e. The summed E-state index contributed by atoms with van der Waals surface area (Å²) in [6, 6.07) is 9.12. The molecule has 1 amide bonds. The number of nitrogens with zero attached hydrogens (tertiary/aromatic N) is 3. The molecule has 0 aliphatic heterocycles. The third-order valence-electron chi connectivity index (χ3n) is 3.24. The third kappa shape index (κ3) is 4.00. The number of rotatable bonds is 4. The van der Waals surface area contributed by atoms with Gasteiger partial charge in [0.1, 0.15) is 5.69 Å². The fourth-order valence-electron chi connectivity index (χ4n) is 1.99. The third-order valence-corrected chi connectivity index (χ3v) is 3.24. The highest BCUT2D eigenvalue weighted by molar-refractivity contribution is 5.94. The summed E-state index contributed by atoms with van der Waals surface area (Å²) in [6.07, 6.45) is -2.86. The zero-order valence-corrected chi connectivity index (χ0v) is 12.6. The van der Waals surface area contributed by atoms with Crippen molar-refractivity contribution in [1.82, 2.24) is 20.4 Å². The number of carbonyl (C=O) groups is 1. The molecule has 6 nitrogen and oxygen atoms in total. The predicted molar refractivity (Wildman–Crippen MR) is 80.1 cm³/mol. The molecule has 0 fully saturated rings. The van der Waals surface area contributed by atoms with Gasteiger partial charge in [-0.05, 0) is 36.4 Å². The first-order valence-corrected chi connectivity index (χ1v) is 7.13. The van der Waals surface area contributed by atoms with E-state index in [-0.39, 0.29) is 23.8 Å². The first-order chi connectivity index (χ1) is 11.9. The summed E-state index contributed by atoms with van der Waals surface area (Å²) in [5.74, 6) is -0.119. The van der Waals surface area contributed by atoms with Gasteiger partial charge >= 0.3 is 6.18 Å². The minimum absolute atomic E-state index is 0.0559. The molecule has 0 aliphatic carbocycles. The number of amides is 1. The molecule has 0 atom stereocenters. The van der Waals surface area contributed by atoms with E-state index >= 15 is 0 Å². The molecule has 0 radical (unpaired) electrons. The predicted octanol–water partition coefficient (Wildman–Crippen LogP) is 3.08. The normalized spacial score (nSPS) is 11.3. The minimum Gasteiger partial charge on any atom is -0.343 e. The Labute approximate surface area is 139 Å². The van der Waals surface area contributed by atoms with Gasteiger partial charge in [-0.25, -0.2) is 0 Å². The van der Waals surface area contributed by atoms with Crippen molar-refractivity contribution in [2.24, 2.45) is 0 Å². The SMILES string of the molecule is O=C(NCc1nc(-c2ccccn2)no1)c1ccc(C(F)(F)F)cc1. The van der Waals surface area contributed by atoms with Crippen LogP contribution in [0.25, 0.3) is 11.5 Å². The van der Waals surface area contributed by atoms with E-state index in [1.165, 1.54) is 0 Å². The molecule has 0 saturated carbocycles. The number of pyridine rings is 1. The Kier molecular flexibility index (Phi) is 4.46. The number of carbonyl (C=O) groups excluding carboxylic acids is 1. The van der Waals surface area contributed by atoms with Gasteiger partial charge in [0.25, 0.3) is 5.91 Å². The standard InChI is InChI=1S/C16H11F3N4O2/c17-16(18,19)11-6-4-10(5-7-11)15(24)21-9-13-22-14(23-25-13)12-3-1-2-8-20-12/h1-8H,9H2,(H,21,24). The van der Waals surface area contributed by atoms with E-state index in [0.29, 0.717) is 5.69 Å². The van der Waals surface area contributed by atoms with Crippen LogP contribution in [0.1, 0.15) is 21.8 Å². The molecule has 0 bridgehead atoms. The molecule has 25 heavy (non-hydrogen) atoms. The zero-order chi connectivity index (χ0) is 17.9. The molecule has 9 heteroatoms. The van der Waals surface area contributed by atoms with Crippen LogP contribution in [0.15, 0.2) is 53.2 Å². The Balaban J connectivity index is 1.62. The Morgan fingerprint density at radius 2 is 1.88 bits per heavy atom. The second kappa shape index (κ2) is 6.71. The van der Waals surface area contributed by atoms with Gasteiger partial charge in [0.15, 0.2) is 0 Å². The molecule has 0 unspecified atom stereocenters. The van der Waals surface area contributed by atoms with Gasteiger partial charge in [-0.3, -0.25) is 9.78 Å². The number of halogens is 3. The Morgan fingerprint density at radius 1 is 1.12 bits per heavy atom. The van der Waals surface area contributed by atoms with Crippen molar-refractivity contribution in [3.05, 3.63) is 65.7 Å². The molecule has 0 spiro atoms. The molecular weight excluding hydrogens is 337 g/mol. The van der Waals surface area contributed by atoms with Crippen LogP contribution in [-0.4, -0.2) is 21.0 Å². The van der Waals surface area contributed by atoms with E-state index in [9.17, 15) is 18.0 Å². The maximum absolute atomic E-state index is 12.5. The number of nitrogens with one attached hydrogen (secondary N) is 1. The smallest absolute Gasteiger partial charge is 0.343 e. The molecule has 0 saturated heterocycles. The van der Waals surface area contributed by atoms with Crippen molar-refractivity contribution in [1.29, 1.82) is 0 Å². The van der Waals surface area contributed by atoms with Crippen molar-refractivity contribution in [2.75, 3.05) is 0 Å². The van der Waals surface area contributed by atoms with Crippen LogP contribution in [0.5, 0.6) is 0 Å². The molecule has 1 aromatic carbocycles. The Hall–Kier alpha value is -3.23. The topological polar surface area (TPSA) is 80.9 Å². The first kappa shape index (κ1) is 16.6. The van der Waals surface area contributed by atoms with Crippen LogP contribution in [0, 0.1) is 0 Å². The highest BCUT2D eigenvalue weighted by atomic mass is 19.4. The number of alkyl halides is 3. The summed E-state index contributed by atoms with van der Waals surface area (Å²) in [4.78, 5) is 20.1. The van der Waals surface area contributed by atoms with Crippen molar-refractivity contribution < 1.29 is 22.5 Å². The van der Waals surface area contributed by atoms with E-state index in [4.69, 9.17) is 4.52 Å². The highest BCUT2D eigenvalue weighted by Crippen LogP contribution is 2.29. The lowest BCUT2D eigenvalue weighted by atomic mass is 10.1. The van der Waals surface area contributed by atoms with Crippen molar-refractivity contribution >= 4 is 5.91 Å².